The van der Waals surface area contributed by atoms with Crippen LogP contribution in [0.15, 0.2) is 35.6 Å². The van der Waals surface area contributed by atoms with Gasteiger partial charge in [0, 0.05) is 5.56 Å². The Balaban J connectivity index is 2.68. The third-order valence-electron chi connectivity index (χ3n) is 3.23. The third kappa shape index (κ3) is 2.95. The molecule has 0 radical (unpaired) electrons. The van der Waals surface area contributed by atoms with E-state index in [1.54, 1.807) is 38.1 Å². The first-order valence-corrected chi connectivity index (χ1v) is 8.65. The van der Waals surface area contributed by atoms with Crippen LogP contribution in [0.4, 0.5) is 0 Å². The molecule has 1 aliphatic rings. The number of hydrogen-bond acceptors (Lipinski definition) is 6. The predicted molar refractivity (Wildman–Crippen MR) is 81.0 cm³/mol. The van der Waals surface area contributed by atoms with E-state index >= 15 is 0 Å². The van der Waals surface area contributed by atoms with Crippen LogP contribution in [0.5, 0.6) is 5.75 Å². The minimum absolute atomic E-state index is 0.0936. The molecule has 1 atom stereocenters. The topological polar surface area (TPSA) is 82.1 Å². The number of aliphatic hydroxyl groups excluding tert-OH is 1. The van der Waals surface area contributed by atoms with E-state index in [1.807, 2.05) is 0 Å². The molecular formula is C15H19O6P. The molecule has 1 aliphatic heterocycles. The maximum Gasteiger partial charge on any atom is 0.344 e. The number of fused-ring (bicyclic) bond motifs is 1. The van der Waals surface area contributed by atoms with Gasteiger partial charge in [0.05, 0.1) is 18.8 Å². The van der Waals surface area contributed by atoms with Crippen LogP contribution in [0.2, 0.25) is 0 Å². The molecule has 0 saturated carbocycles. The molecule has 1 unspecified atom stereocenters. The Morgan fingerprint density at radius 2 is 1.86 bits per heavy atom. The molecule has 6 nitrogen and oxygen atoms in total. The van der Waals surface area contributed by atoms with E-state index in [2.05, 4.69) is 0 Å². The average molecular weight is 326 g/mol. The summed E-state index contributed by atoms with van der Waals surface area (Å²) < 4.78 is 29.1. The number of carbonyl (C=O) groups is 1. The maximum absolute atomic E-state index is 13.2. The molecule has 7 heteroatoms. The monoisotopic (exact) mass is 326 g/mol. The number of ether oxygens (including phenoxy) is 1. The second-order valence-corrected chi connectivity index (χ2v) is 6.82. The summed E-state index contributed by atoms with van der Waals surface area (Å²) in [6.45, 7) is 5.03. The van der Waals surface area contributed by atoms with Crippen molar-refractivity contribution in [3.63, 3.8) is 0 Å². The smallest absolute Gasteiger partial charge is 0.344 e. The lowest BCUT2D eigenvalue weighted by Crippen LogP contribution is -2.26. The fraction of sp³-hybridized carbons (Fsp3) is 0.400. The van der Waals surface area contributed by atoms with Crippen molar-refractivity contribution in [2.45, 2.75) is 26.4 Å². The summed E-state index contributed by atoms with van der Waals surface area (Å²) in [5, 5.41) is 9.89. The van der Waals surface area contributed by atoms with Gasteiger partial charge in [-0.15, -0.1) is 0 Å². The molecule has 2 rings (SSSR count). The molecule has 22 heavy (non-hydrogen) atoms. The van der Waals surface area contributed by atoms with E-state index in [9.17, 15) is 14.5 Å². The van der Waals surface area contributed by atoms with Crippen LogP contribution in [0.25, 0.3) is 0 Å². The lowest BCUT2D eigenvalue weighted by Gasteiger charge is -2.32. The number of para-hydroxylation sites is 1. The van der Waals surface area contributed by atoms with Gasteiger partial charge < -0.3 is 18.9 Å². The van der Waals surface area contributed by atoms with Crippen LogP contribution < -0.4 is 4.74 Å². The molecule has 120 valence electrons. The molecule has 0 amide bonds. The highest BCUT2D eigenvalue weighted by molar-refractivity contribution is 7.54. The highest BCUT2D eigenvalue weighted by Crippen LogP contribution is 2.66. The quantitative estimate of drug-likeness (QED) is 0.292. The zero-order valence-electron chi connectivity index (χ0n) is 12.7. The fourth-order valence-corrected chi connectivity index (χ4v) is 4.70. The summed E-state index contributed by atoms with van der Waals surface area (Å²) >= 11 is 0. The average Bonchev–Trinajstić information content (AvgIpc) is 2.45. The molecule has 0 bridgehead atoms. The van der Waals surface area contributed by atoms with Gasteiger partial charge in [-0.05, 0) is 26.8 Å². The van der Waals surface area contributed by atoms with E-state index in [0.29, 0.717) is 11.3 Å². The van der Waals surface area contributed by atoms with Gasteiger partial charge in [0.2, 0.25) is 0 Å². The van der Waals surface area contributed by atoms with Gasteiger partial charge in [-0.2, -0.15) is 0 Å². The van der Waals surface area contributed by atoms with Crippen molar-refractivity contribution >= 4 is 13.6 Å². The lowest BCUT2D eigenvalue weighted by atomic mass is 10.00. The minimum Gasteiger partial charge on any atom is -0.512 e. The van der Waals surface area contributed by atoms with Crippen molar-refractivity contribution in [1.29, 1.82) is 0 Å². The molecule has 1 N–H and O–H groups in total. The van der Waals surface area contributed by atoms with Crippen LogP contribution in [0.3, 0.4) is 0 Å². The number of hydrogen-bond donors (Lipinski definition) is 1. The summed E-state index contributed by atoms with van der Waals surface area (Å²) in [5.74, 6) is -0.713. The molecule has 1 heterocycles. The van der Waals surface area contributed by atoms with Gasteiger partial charge in [0.1, 0.15) is 17.2 Å². The Morgan fingerprint density at radius 3 is 2.41 bits per heavy atom. The fourth-order valence-electron chi connectivity index (χ4n) is 2.44. The minimum atomic E-state index is -3.69. The number of allylic oxidation sites excluding steroid dienone is 1. The highest BCUT2D eigenvalue weighted by atomic mass is 31.2. The Morgan fingerprint density at radius 1 is 1.27 bits per heavy atom. The van der Waals surface area contributed by atoms with Gasteiger partial charge in [-0.1, -0.05) is 18.2 Å². The Labute approximate surface area is 129 Å². The van der Waals surface area contributed by atoms with E-state index in [4.69, 9.17) is 13.8 Å². The number of carbonyl (C=O) groups excluding carboxylic acids is 1. The molecule has 0 saturated heterocycles. The standard InChI is InChI=1S/C15H19O6P/c1-4-19-22(18,20-5-2)14-11-8-6-7-9-12(11)21-15(17)13(14)10(3)16/h6-9,14,16H,4-5H2,1-3H3/b13-10+. The maximum atomic E-state index is 13.2. The third-order valence-corrected chi connectivity index (χ3v) is 5.64. The van der Waals surface area contributed by atoms with Gasteiger partial charge in [0.25, 0.3) is 0 Å². The van der Waals surface area contributed by atoms with Crippen molar-refractivity contribution in [2.75, 3.05) is 13.2 Å². The van der Waals surface area contributed by atoms with Crippen molar-refractivity contribution < 1.29 is 28.3 Å². The second-order valence-electron chi connectivity index (χ2n) is 4.70. The molecule has 1 aromatic carbocycles. The first-order chi connectivity index (χ1) is 10.4. The summed E-state index contributed by atoms with van der Waals surface area (Å²) in [5.41, 5.74) is -0.602. The molecular weight excluding hydrogens is 307 g/mol. The van der Waals surface area contributed by atoms with Crippen molar-refractivity contribution in [2.24, 2.45) is 0 Å². The number of benzene rings is 1. The number of rotatable bonds is 5. The van der Waals surface area contributed by atoms with Gasteiger partial charge >= 0.3 is 13.6 Å². The number of esters is 1. The summed E-state index contributed by atoms with van der Waals surface area (Å²) in [6, 6.07) is 6.72. The van der Waals surface area contributed by atoms with E-state index in [0.717, 1.165) is 0 Å². The van der Waals surface area contributed by atoms with E-state index < -0.39 is 19.2 Å². The van der Waals surface area contributed by atoms with Gasteiger partial charge in [-0.3, -0.25) is 4.57 Å². The molecule has 0 fully saturated rings. The molecule has 0 aliphatic carbocycles. The van der Waals surface area contributed by atoms with Crippen LogP contribution in [0.1, 0.15) is 32.0 Å². The van der Waals surface area contributed by atoms with Crippen molar-refractivity contribution in [1.82, 2.24) is 0 Å². The van der Waals surface area contributed by atoms with Crippen LogP contribution in [-0.2, 0) is 18.4 Å². The van der Waals surface area contributed by atoms with Gasteiger partial charge in [0.15, 0.2) is 0 Å². The first kappa shape index (κ1) is 16.7. The molecule has 0 spiro atoms. The zero-order chi connectivity index (χ0) is 16.3. The molecule has 1 aromatic rings. The first-order valence-electron chi connectivity index (χ1n) is 7.04. The number of aliphatic hydroxyl groups is 1. The lowest BCUT2D eigenvalue weighted by molar-refractivity contribution is -0.131. The highest BCUT2D eigenvalue weighted by Gasteiger charge is 2.47. The van der Waals surface area contributed by atoms with E-state index in [-0.39, 0.29) is 24.5 Å². The normalized spacial score (nSPS) is 20.3. The molecule has 0 aromatic heterocycles. The van der Waals surface area contributed by atoms with Crippen LogP contribution in [0, 0.1) is 0 Å². The predicted octanol–water partition coefficient (Wildman–Crippen LogP) is 3.74. The van der Waals surface area contributed by atoms with Crippen molar-refractivity contribution in [3.05, 3.63) is 41.2 Å². The van der Waals surface area contributed by atoms with Crippen molar-refractivity contribution in [3.8, 4) is 5.75 Å². The van der Waals surface area contributed by atoms with Gasteiger partial charge in [-0.25, -0.2) is 4.79 Å². The zero-order valence-corrected chi connectivity index (χ0v) is 13.6. The second kappa shape index (κ2) is 6.65. The van der Waals surface area contributed by atoms with Crippen LogP contribution in [-0.4, -0.2) is 24.3 Å². The SMILES string of the molecule is CCOP(=O)(OCC)C1/C(=C(/C)O)C(=O)Oc2ccccc21. The summed E-state index contributed by atoms with van der Waals surface area (Å²) in [7, 11) is -3.69. The Bertz CT molecular complexity index is 637. The van der Waals surface area contributed by atoms with Crippen LogP contribution >= 0.6 is 7.60 Å². The Kier molecular flexibility index (Phi) is 5.06. The summed E-state index contributed by atoms with van der Waals surface area (Å²) in [6.07, 6.45) is 0. The summed E-state index contributed by atoms with van der Waals surface area (Å²) in [4.78, 5) is 12.2. The van der Waals surface area contributed by atoms with E-state index in [1.165, 1.54) is 6.92 Å². The Hall–Kier alpha value is -1.62. The largest absolute Gasteiger partial charge is 0.512 e.